The SMILES string of the molecule is Cc1nc2c(o1)CN(C(=O)Cn1nc(-c3ccc(OC(F)F)cn3)cc1-c1ccccc1)C2. The fraction of sp³-hybridized carbons (Fsp3) is 0.217. The minimum Gasteiger partial charge on any atom is -0.444 e. The molecule has 0 unspecified atom stereocenters. The highest BCUT2D eigenvalue weighted by atomic mass is 19.3. The third kappa shape index (κ3) is 4.32. The van der Waals surface area contributed by atoms with E-state index >= 15 is 0 Å². The number of alkyl halides is 2. The van der Waals surface area contributed by atoms with Crippen molar-refractivity contribution in [2.75, 3.05) is 0 Å². The van der Waals surface area contributed by atoms with Gasteiger partial charge in [-0.15, -0.1) is 0 Å². The average Bonchev–Trinajstić information content (AvgIpc) is 3.47. The van der Waals surface area contributed by atoms with Gasteiger partial charge < -0.3 is 14.1 Å². The Morgan fingerprint density at radius 2 is 1.97 bits per heavy atom. The predicted octanol–water partition coefficient (Wildman–Crippen LogP) is 4.05. The summed E-state index contributed by atoms with van der Waals surface area (Å²) < 4.78 is 36.4. The van der Waals surface area contributed by atoms with Crippen LogP contribution in [0.25, 0.3) is 22.6 Å². The van der Waals surface area contributed by atoms with Gasteiger partial charge in [0.1, 0.15) is 29.4 Å². The van der Waals surface area contributed by atoms with E-state index in [-0.39, 0.29) is 18.2 Å². The molecule has 5 rings (SSSR count). The molecule has 0 fully saturated rings. The van der Waals surface area contributed by atoms with Crippen LogP contribution in [0.2, 0.25) is 0 Å². The summed E-state index contributed by atoms with van der Waals surface area (Å²) in [7, 11) is 0. The first-order chi connectivity index (χ1) is 16.0. The van der Waals surface area contributed by atoms with Crippen molar-refractivity contribution in [1.29, 1.82) is 0 Å². The molecule has 0 radical (unpaired) electrons. The van der Waals surface area contributed by atoms with Crippen molar-refractivity contribution in [2.24, 2.45) is 0 Å². The van der Waals surface area contributed by atoms with E-state index in [0.29, 0.717) is 36.1 Å². The van der Waals surface area contributed by atoms with E-state index in [1.165, 1.54) is 12.3 Å². The zero-order chi connectivity index (χ0) is 22.9. The van der Waals surface area contributed by atoms with E-state index in [1.54, 1.807) is 22.6 Å². The summed E-state index contributed by atoms with van der Waals surface area (Å²) in [6.07, 6.45) is 1.22. The minimum absolute atomic E-state index is 0.0139. The first-order valence-corrected chi connectivity index (χ1v) is 10.2. The van der Waals surface area contributed by atoms with Crippen LogP contribution in [-0.4, -0.2) is 37.2 Å². The lowest BCUT2D eigenvalue weighted by Crippen LogP contribution is -2.30. The first kappa shape index (κ1) is 20.8. The molecule has 0 saturated heterocycles. The highest BCUT2D eigenvalue weighted by Crippen LogP contribution is 2.28. The van der Waals surface area contributed by atoms with Gasteiger partial charge in [0.25, 0.3) is 0 Å². The smallest absolute Gasteiger partial charge is 0.387 e. The van der Waals surface area contributed by atoms with Crippen LogP contribution in [0.5, 0.6) is 5.75 Å². The number of carbonyl (C=O) groups excluding carboxylic acids is 1. The van der Waals surface area contributed by atoms with E-state index in [1.807, 2.05) is 36.4 Å². The van der Waals surface area contributed by atoms with Crippen LogP contribution in [0.4, 0.5) is 8.78 Å². The van der Waals surface area contributed by atoms with Crippen LogP contribution in [0.3, 0.4) is 0 Å². The van der Waals surface area contributed by atoms with Gasteiger partial charge in [-0.3, -0.25) is 14.5 Å². The molecular weight excluding hydrogens is 432 g/mol. The van der Waals surface area contributed by atoms with Gasteiger partial charge in [-0.1, -0.05) is 30.3 Å². The fourth-order valence-corrected chi connectivity index (χ4v) is 3.78. The van der Waals surface area contributed by atoms with Crippen molar-refractivity contribution in [3.63, 3.8) is 0 Å². The van der Waals surface area contributed by atoms with E-state index in [4.69, 9.17) is 4.42 Å². The Hall–Kier alpha value is -4.08. The molecule has 0 aliphatic carbocycles. The summed E-state index contributed by atoms with van der Waals surface area (Å²) in [6, 6.07) is 14.3. The highest BCUT2D eigenvalue weighted by molar-refractivity contribution is 5.78. The number of benzene rings is 1. The lowest BCUT2D eigenvalue weighted by Gasteiger charge is -2.16. The van der Waals surface area contributed by atoms with Crippen LogP contribution >= 0.6 is 0 Å². The quantitative estimate of drug-likeness (QED) is 0.440. The molecule has 0 N–H and O–H groups in total. The predicted molar refractivity (Wildman–Crippen MR) is 113 cm³/mol. The van der Waals surface area contributed by atoms with Crippen molar-refractivity contribution in [1.82, 2.24) is 24.6 Å². The summed E-state index contributed by atoms with van der Waals surface area (Å²) >= 11 is 0. The Bertz CT molecular complexity index is 1260. The van der Waals surface area contributed by atoms with Crippen LogP contribution in [0, 0.1) is 6.92 Å². The molecule has 10 heteroatoms. The molecule has 168 valence electrons. The number of oxazole rings is 1. The van der Waals surface area contributed by atoms with E-state index in [9.17, 15) is 13.6 Å². The van der Waals surface area contributed by atoms with Gasteiger partial charge in [0.05, 0.1) is 30.7 Å². The summed E-state index contributed by atoms with van der Waals surface area (Å²) in [5.74, 6) is 1.14. The molecule has 33 heavy (non-hydrogen) atoms. The summed E-state index contributed by atoms with van der Waals surface area (Å²) in [4.78, 5) is 23.2. The monoisotopic (exact) mass is 451 g/mol. The van der Waals surface area contributed by atoms with Crippen molar-refractivity contribution in [3.05, 3.63) is 72.1 Å². The number of amides is 1. The van der Waals surface area contributed by atoms with Gasteiger partial charge in [0.15, 0.2) is 5.89 Å². The molecule has 1 aliphatic heterocycles. The molecule has 3 aromatic heterocycles. The van der Waals surface area contributed by atoms with Crippen molar-refractivity contribution >= 4 is 5.91 Å². The number of fused-ring (bicyclic) bond motifs is 1. The molecule has 4 aromatic rings. The number of pyridine rings is 1. The zero-order valence-corrected chi connectivity index (χ0v) is 17.6. The number of halogens is 2. The van der Waals surface area contributed by atoms with E-state index < -0.39 is 6.61 Å². The molecule has 1 aliphatic rings. The van der Waals surface area contributed by atoms with Gasteiger partial charge in [-0.05, 0) is 23.8 Å². The maximum Gasteiger partial charge on any atom is 0.387 e. The maximum atomic E-state index is 13.0. The third-order valence-corrected chi connectivity index (χ3v) is 5.27. The fourth-order valence-electron chi connectivity index (χ4n) is 3.78. The second kappa shape index (κ2) is 8.45. The zero-order valence-electron chi connectivity index (χ0n) is 17.6. The van der Waals surface area contributed by atoms with Crippen LogP contribution < -0.4 is 4.74 Å². The van der Waals surface area contributed by atoms with Gasteiger partial charge in [0.2, 0.25) is 5.91 Å². The normalized spacial score (nSPS) is 12.9. The molecule has 0 spiro atoms. The maximum absolute atomic E-state index is 13.0. The number of carbonyl (C=O) groups is 1. The molecular formula is C23H19F2N5O3. The molecule has 0 atom stereocenters. The van der Waals surface area contributed by atoms with E-state index in [2.05, 4.69) is 19.8 Å². The van der Waals surface area contributed by atoms with Gasteiger partial charge >= 0.3 is 6.61 Å². The second-order valence-corrected chi connectivity index (χ2v) is 7.55. The highest BCUT2D eigenvalue weighted by Gasteiger charge is 2.29. The van der Waals surface area contributed by atoms with Crippen molar-refractivity contribution in [3.8, 4) is 28.4 Å². The molecule has 4 heterocycles. The Morgan fingerprint density at radius 3 is 2.67 bits per heavy atom. The number of aromatic nitrogens is 4. The van der Waals surface area contributed by atoms with Crippen molar-refractivity contribution < 1.29 is 22.7 Å². The lowest BCUT2D eigenvalue weighted by atomic mass is 10.1. The summed E-state index contributed by atoms with van der Waals surface area (Å²) in [6.45, 7) is -0.360. The Morgan fingerprint density at radius 1 is 1.15 bits per heavy atom. The topological polar surface area (TPSA) is 86.3 Å². The third-order valence-electron chi connectivity index (χ3n) is 5.27. The standard InChI is InChI=1S/C23H19F2N5O3/c1-14-27-19-11-29(12-21(19)32-14)22(31)13-30-20(15-5-3-2-4-6-15)9-18(28-30)17-8-7-16(10-26-17)33-23(24)25/h2-10,23H,11-13H2,1H3. The molecule has 1 aromatic carbocycles. The Kier molecular flexibility index (Phi) is 5.33. The molecule has 0 saturated carbocycles. The molecule has 0 bridgehead atoms. The lowest BCUT2D eigenvalue weighted by molar-refractivity contribution is -0.132. The van der Waals surface area contributed by atoms with Crippen molar-refractivity contribution in [2.45, 2.75) is 33.2 Å². The number of hydrogen-bond donors (Lipinski definition) is 0. The average molecular weight is 451 g/mol. The number of hydrogen-bond acceptors (Lipinski definition) is 6. The van der Waals surface area contributed by atoms with E-state index in [0.717, 1.165) is 17.0 Å². The Balaban J connectivity index is 1.42. The van der Waals surface area contributed by atoms with Gasteiger partial charge in [-0.2, -0.15) is 13.9 Å². The van der Waals surface area contributed by atoms with Gasteiger partial charge in [-0.25, -0.2) is 4.98 Å². The molecule has 8 nitrogen and oxygen atoms in total. The number of rotatable bonds is 6. The molecule has 1 amide bonds. The van der Waals surface area contributed by atoms with Crippen LogP contribution in [-0.2, 0) is 24.4 Å². The number of nitrogens with zero attached hydrogens (tertiary/aromatic N) is 5. The number of ether oxygens (including phenoxy) is 1. The Labute approximate surface area is 187 Å². The van der Waals surface area contributed by atoms with Crippen LogP contribution in [0.1, 0.15) is 17.3 Å². The largest absolute Gasteiger partial charge is 0.444 e. The summed E-state index contributed by atoms with van der Waals surface area (Å²) in [5, 5.41) is 4.59. The minimum atomic E-state index is -2.92. The van der Waals surface area contributed by atoms with Gasteiger partial charge in [0, 0.05) is 6.92 Å². The summed E-state index contributed by atoms with van der Waals surface area (Å²) in [5.41, 5.74) is 3.38. The first-order valence-electron chi connectivity index (χ1n) is 10.2. The second-order valence-electron chi connectivity index (χ2n) is 7.55. The number of aryl methyl sites for hydroxylation is 1. The van der Waals surface area contributed by atoms with Crippen LogP contribution in [0.15, 0.2) is 59.1 Å².